The van der Waals surface area contributed by atoms with Gasteiger partial charge < -0.3 is 0 Å². The van der Waals surface area contributed by atoms with Crippen molar-refractivity contribution in [3.05, 3.63) is 15.9 Å². The Morgan fingerprint density at radius 1 is 1.60 bits per heavy atom. The second-order valence-corrected chi connectivity index (χ2v) is 2.39. The Morgan fingerprint density at radius 2 is 2.50 bits per heavy atom. The van der Waals surface area contributed by atoms with Gasteiger partial charge in [-0.1, -0.05) is 5.21 Å². The summed E-state index contributed by atoms with van der Waals surface area (Å²) in [5.41, 5.74) is 2.64. The summed E-state index contributed by atoms with van der Waals surface area (Å²) in [6.45, 7) is 0. The Hall–Kier alpha value is -1.30. The molecule has 49 valence electrons. The van der Waals surface area contributed by atoms with Crippen LogP contribution in [0.4, 0.5) is 0 Å². The lowest BCUT2D eigenvalue weighted by atomic mass is 10.6. The lowest BCUT2D eigenvalue weighted by molar-refractivity contribution is 0.867. The molecular formula is C4HN4OS. The van der Waals surface area contributed by atoms with Crippen molar-refractivity contribution in [2.24, 2.45) is 0 Å². The average molecular weight is 153 g/mol. The van der Waals surface area contributed by atoms with Crippen molar-refractivity contribution < 1.29 is 0 Å². The first-order valence-corrected chi connectivity index (χ1v) is 3.27. The van der Waals surface area contributed by atoms with Crippen molar-refractivity contribution in [1.82, 2.24) is 20.4 Å². The molecule has 2 aromatic rings. The molecule has 0 saturated heterocycles. The summed E-state index contributed by atoms with van der Waals surface area (Å²) in [6.07, 6.45) is 0. The van der Waals surface area contributed by atoms with Gasteiger partial charge in [0.05, 0.1) is 0 Å². The molecule has 0 fully saturated rings. The maximum Gasteiger partial charge on any atom is 0.286 e. The summed E-state index contributed by atoms with van der Waals surface area (Å²) < 4.78 is 0.468. The van der Waals surface area contributed by atoms with E-state index in [1.165, 1.54) is 0 Å². The second-order valence-electron chi connectivity index (χ2n) is 1.60. The lowest BCUT2D eigenvalue weighted by Gasteiger charge is -1.79. The third kappa shape index (κ3) is 0.623. The molecule has 0 aliphatic heterocycles. The van der Waals surface area contributed by atoms with Crippen LogP contribution in [-0.2, 0) is 0 Å². The van der Waals surface area contributed by atoms with Crippen LogP contribution in [-0.4, -0.2) is 20.4 Å². The Kier molecular flexibility index (Phi) is 1.01. The predicted octanol–water partition coefficient (Wildman–Crippen LogP) is -0.425. The Balaban J connectivity index is 3.09. The number of H-pyrrole nitrogens is 1. The summed E-state index contributed by atoms with van der Waals surface area (Å²) >= 11 is 1.13. The maximum atomic E-state index is 10.8. The van der Waals surface area contributed by atoms with Crippen molar-refractivity contribution in [2.75, 3.05) is 0 Å². The van der Waals surface area contributed by atoms with E-state index in [-0.39, 0.29) is 5.56 Å². The fourth-order valence-corrected chi connectivity index (χ4v) is 1.13. The van der Waals surface area contributed by atoms with Gasteiger partial charge in [-0.05, 0) is 0 Å². The largest absolute Gasteiger partial charge is 0.286 e. The van der Waals surface area contributed by atoms with Crippen LogP contribution >= 0.6 is 11.3 Å². The first kappa shape index (κ1) is 5.48. The minimum Gasteiger partial charge on any atom is -0.266 e. The van der Waals surface area contributed by atoms with Gasteiger partial charge in [-0.25, -0.2) is 10.1 Å². The second kappa shape index (κ2) is 1.84. The number of thiazole rings is 1. The highest BCUT2D eigenvalue weighted by Gasteiger charge is 2.00. The van der Waals surface area contributed by atoms with Crippen molar-refractivity contribution in [2.45, 2.75) is 0 Å². The van der Waals surface area contributed by atoms with Gasteiger partial charge >= 0.3 is 0 Å². The van der Waals surface area contributed by atoms with E-state index in [2.05, 4.69) is 25.9 Å². The molecule has 2 heterocycles. The average Bonchev–Trinajstić information content (AvgIpc) is 2.36. The van der Waals surface area contributed by atoms with Gasteiger partial charge in [-0.15, -0.1) is 16.4 Å². The molecule has 6 heteroatoms. The van der Waals surface area contributed by atoms with E-state index in [0.717, 1.165) is 11.3 Å². The fraction of sp³-hybridized carbons (Fsp3) is 0. The third-order valence-electron chi connectivity index (χ3n) is 1.00. The maximum absolute atomic E-state index is 10.8. The number of hydrogen-bond donors (Lipinski definition) is 1. The van der Waals surface area contributed by atoms with Gasteiger partial charge in [0.2, 0.25) is 5.65 Å². The van der Waals surface area contributed by atoms with Crippen LogP contribution in [0.1, 0.15) is 0 Å². The normalized spacial score (nSPS) is 10.4. The first-order valence-electron chi connectivity index (χ1n) is 2.46. The molecule has 0 bridgehead atoms. The van der Waals surface area contributed by atoms with Crippen molar-refractivity contribution in [1.29, 1.82) is 0 Å². The molecule has 0 aliphatic rings. The summed E-state index contributed by atoms with van der Waals surface area (Å²) in [7, 11) is 0. The molecule has 0 amide bonds. The zero-order chi connectivity index (χ0) is 6.97. The zero-order valence-electron chi connectivity index (χ0n) is 4.66. The Labute approximate surface area is 58.7 Å². The van der Waals surface area contributed by atoms with E-state index < -0.39 is 0 Å². The summed E-state index contributed by atoms with van der Waals surface area (Å²) in [5.74, 6) is 0. The predicted molar refractivity (Wildman–Crippen MR) is 34.7 cm³/mol. The Morgan fingerprint density at radius 3 is 3.30 bits per heavy atom. The van der Waals surface area contributed by atoms with Crippen LogP contribution in [0.25, 0.3) is 10.3 Å². The molecule has 2 aromatic heterocycles. The monoisotopic (exact) mass is 153 g/mol. The molecule has 0 aromatic carbocycles. The lowest BCUT2D eigenvalue weighted by Crippen LogP contribution is -2.07. The van der Waals surface area contributed by atoms with Crippen LogP contribution in [0.3, 0.4) is 0 Å². The molecule has 1 radical (unpaired) electrons. The van der Waals surface area contributed by atoms with E-state index in [1.54, 1.807) is 0 Å². The number of rotatable bonds is 0. The number of nitrogens with zero attached hydrogens (tertiary/aromatic N) is 3. The third-order valence-corrected chi connectivity index (χ3v) is 1.76. The number of hydrogen-bond acceptors (Lipinski definition) is 5. The first-order chi connectivity index (χ1) is 4.88. The molecule has 1 N–H and O–H groups in total. The summed E-state index contributed by atoms with van der Waals surface area (Å²) in [6, 6.07) is 0. The molecule has 0 saturated carbocycles. The number of fused-ring (bicyclic) bond motifs is 1. The zero-order valence-corrected chi connectivity index (χ0v) is 5.47. The number of aromatic nitrogens is 4. The smallest absolute Gasteiger partial charge is 0.266 e. The van der Waals surface area contributed by atoms with Crippen LogP contribution in [0.15, 0.2) is 4.79 Å². The van der Waals surface area contributed by atoms with E-state index in [0.29, 0.717) is 10.3 Å². The molecule has 0 spiro atoms. The van der Waals surface area contributed by atoms with Crippen LogP contribution < -0.4 is 5.56 Å². The van der Waals surface area contributed by atoms with Gasteiger partial charge in [-0.3, -0.25) is 4.79 Å². The van der Waals surface area contributed by atoms with Crippen LogP contribution in [0, 0.1) is 5.51 Å². The molecule has 0 unspecified atom stereocenters. The molecule has 0 atom stereocenters. The molecule has 5 nitrogen and oxygen atoms in total. The minimum atomic E-state index is -0.260. The van der Waals surface area contributed by atoms with E-state index in [1.807, 2.05) is 0 Å². The summed E-state index contributed by atoms with van der Waals surface area (Å²) in [5, 5.41) is 9.08. The Bertz CT molecular complexity index is 405. The molecule has 2 rings (SSSR count). The SMILES string of the molecule is O=c1[nH]nnc2n[c]sc12. The van der Waals surface area contributed by atoms with E-state index in [9.17, 15) is 4.79 Å². The van der Waals surface area contributed by atoms with E-state index >= 15 is 0 Å². The number of nitrogens with one attached hydrogen (secondary N) is 1. The topological polar surface area (TPSA) is 71.5 Å². The fourth-order valence-electron chi connectivity index (χ4n) is 0.592. The highest BCUT2D eigenvalue weighted by Crippen LogP contribution is 2.05. The van der Waals surface area contributed by atoms with Gasteiger partial charge in [0.15, 0.2) is 5.51 Å². The highest BCUT2D eigenvalue weighted by atomic mass is 32.1. The quantitative estimate of drug-likeness (QED) is 0.557. The van der Waals surface area contributed by atoms with Crippen molar-refractivity contribution in [3.8, 4) is 0 Å². The summed E-state index contributed by atoms with van der Waals surface area (Å²) in [4.78, 5) is 14.5. The van der Waals surface area contributed by atoms with Crippen molar-refractivity contribution >= 4 is 21.7 Å². The molecule has 10 heavy (non-hydrogen) atoms. The van der Waals surface area contributed by atoms with Gasteiger partial charge in [0.25, 0.3) is 5.56 Å². The number of aromatic amines is 1. The standard InChI is InChI=1S/C4HN4OS/c9-4-2-3(5-1-10-2)6-8-7-4/h(H,6,7,9). The highest BCUT2D eigenvalue weighted by molar-refractivity contribution is 7.16. The minimum absolute atomic E-state index is 0.260. The van der Waals surface area contributed by atoms with Crippen LogP contribution in [0.5, 0.6) is 0 Å². The van der Waals surface area contributed by atoms with Gasteiger partial charge in [-0.2, -0.15) is 0 Å². The molecular weight excluding hydrogens is 152 g/mol. The van der Waals surface area contributed by atoms with Crippen molar-refractivity contribution in [3.63, 3.8) is 0 Å². The molecule has 0 aliphatic carbocycles. The van der Waals surface area contributed by atoms with Gasteiger partial charge in [0, 0.05) is 0 Å². The van der Waals surface area contributed by atoms with Gasteiger partial charge in [0.1, 0.15) is 4.70 Å². The van der Waals surface area contributed by atoms with E-state index in [4.69, 9.17) is 0 Å². The van der Waals surface area contributed by atoms with Crippen LogP contribution in [0.2, 0.25) is 0 Å².